The van der Waals surface area contributed by atoms with Gasteiger partial charge in [0, 0.05) is 78.7 Å². The van der Waals surface area contributed by atoms with Crippen molar-refractivity contribution in [1.29, 1.82) is 0 Å². The lowest BCUT2D eigenvalue weighted by Gasteiger charge is -2.47. The molecule has 7 nitrogen and oxygen atoms in total. The molecule has 3 aromatic rings. The molecule has 2 atom stereocenters. The smallest absolute Gasteiger partial charge is 0.232 e. The molecular weight excluding hydrogens is 677 g/mol. The molecule has 4 fully saturated rings. The van der Waals surface area contributed by atoms with Crippen LogP contribution in [0.15, 0.2) is 78.7 Å². The molecule has 55 heavy (non-hydrogen) atoms. The van der Waals surface area contributed by atoms with Crippen LogP contribution in [-0.2, 0) is 10.2 Å². The van der Waals surface area contributed by atoms with Gasteiger partial charge < -0.3 is 20.1 Å². The highest BCUT2D eigenvalue weighted by Gasteiger charge is 2.42. The molecule has 1 aliphatic carbocycles. The fourth-order valence-corrected chi connectivity index (χ4v) is 8.73. The summed E-state index contributed by atoms with van der Waals surface area (Å²) in [6.45, 7) is 32.5. The number of H-pyrrole nitrogens is 1. The van der Waals surface area contributed by atoms with Crippen LogP contribution in [0.25, 0.3) is 16.5 Å². The molecule has 1 saturated carbocycles. The Morgan fingerprint density at radius 1 is 1.07 bits per heavy atom. The number of hydrogen-bond acceptors (Lipinski definition) is 3. The van der Waals surface area contributed by atoms with Crippen molar-refractivity contribution in [3.63, 3.8) is 0 Å². The second kappa shape index (κ2) is 20.2. The molecule has 7 rings (SSSR count). The number of carbonyl (C=O) groups excluding carboxylic acids is 1. The molecule has 1 aromatic carbocycles. The van der Waals surface area contributed by atoms with Crippen molar-refractivity contribution >= 4 is 28.3 Å². The number of fused-ring (bicyclic) bond motifs is 4. The zero-order chi connectivity index (χ0) is 40.3. The van der Waals surface area contributed by atoms with Crippen LogP contribution in [0.1, 0.15) is 148 Å². The van der Waals surface area contributed by atoms with Crippen molar-refractivity contribution in [2.24, 2.45) is 16.8 Å². The van der Waals surface area contributed by atoms with E-state index in [4.69, 9.17) is 4.99 Å². The first-order valence-electron chi connectivity index (χ1n) is 21.2. The Hall–Kier alpha value is -4.13. The van der Waals surface area contributed by atoms with Crippen LogP contribution in [0, 0.1) is 11.8 Å². The Balaban J connectivity index is 0.00000128. The van der Waals surface area contributed by atoms with Crippen LogP contribution in [-0.4, -0.2) is 63.9 Å². The van der Waals surface area contributed by atoms with E-state index in [9.17, 15) is 4.79 Å². The van der Waals surface area contributed by atoms with Crippen molar-refractivity contribution in [2.45, 2.75) is 137 Å². The normalized spacial score (nSPS) is 20.5. The van der Waals surface area contributed by atoms with E-state index >= 15 is 0 Å². The molecule has 3 saturated heterocycles. The summed E-state index contributed by atoms with van der Waals surface area (Å²) in [5, 5.41) is 4.85. The van der Waals surface area contributed by atoms with Gasteiger partial charge in [-0.2, -0.15) is 0 Å². The van der Waals surface area contributed by atoms with Crippen LogP contribution in [0.5, 0.6) is 0 Å². The van der Waals surface area contributed by atoms with Crippen molar-refractivity contribution in [2.75, 3.05) is 26.2 Å². The number of guanidine groups is 1. The molecule has 5 heterocycles. The largest absolute Gasteiger partial charge is 0.355 e. The first-order chi connectivity index (χ1) is 26.4. The van der Waals surface area contributed by atoms with E-state index in [-0.39, 0.29) is 11.8 Å². The van der Waals surface area contributed by atoms with Crippen LogP contribution in [0.2, 0.25) is 0 Å². The minimum Gasteiger partial charge on any atom is -0.355 e. The number of piperidine rings is 2. The molecular formula is C48H72N6O. The number of rotatable bonds is 11. The standard InChI is InChI=1S/C43H60N6O.C3H6.C2H6/c1-9-10-29(4)40-39(37-24-35(13-16-38(37)47-40)43(7,8)41(50)49-26-32-11-14-36(49)15-12-32)30(5)25-45-42(46-31(6)23-28(2)3)48-22-19-34(27-48)33-17-20-44-21-18-33;1-3-2;1-2/h10,13,16-18,20-21,24,28,30,32,34,36,47H,6,9,11-12,14-15,19,22-23,25-27H2,1-5,7-8H3,(H,45,46);3H,1H2,2H3;1-2H3/b29-10+;;/t30-,32?,34?,36?;;/m1../s1. The number of amides is 1. The lowest BCUT2D eigenvalue weighted by Crippen LogP contribution is -2.55. The quantitative estimate of drug-likeness (QED) is 0.116. The number of aliphatic imine (C=N–C) groups is 1. The summed E-state index contributed by atoms with van der Waals surface area (Å²) in [5.41, 5.74) is 7.64. The van der Waals surface area contributed by atoms with Gasteiger partial charge in [-0.25, -0.2) is 0 Å². The predicted molar refractivity (Wildman–Crippen MR) is 236 cm³/mol. The van der Waals surface area contributed by atoms with Gasteiger partial charge in [0.1, 0.15) is 0 Å². The number of allylic oxidation sites excluding steroid dienone is 4. The molecule has 2 bridgehead atoms. The zero-order valence-corrected chi connectivity index (χ0v) is 36.0. The van der Waals surface area contributed by atoms with Gasteiger partial charge >= 0.3 is 0 Å². The number of likely N-dealkylation sites (tertiary alicyclic amines) is 1. The SMILES string of the molecule is C=C(CC(C)C)NC(=NC[C@@H](C)c1c(/C(C)=C/CC)[nH]c2ccc(C(C)(C)C(=O)N3CC4CCC3CC4)cc12)N1CCC(c2ccncc2)C1.C=CC.CC. The Morgan fingerprint density at radius 2 is 1.75 bits per heavy atom. The third kappa shape index (κ3) is 10.6. The average molecular weight is 749 g/mol. The van der Waals surface area contributed by atoms with Crippen LogP contribution in [0.4, 0.5) is 0 Å². The average Bonchev–Trinajstić information content (AvgIpc) is 3.84. The molecule has 4 aliphatic rings. The number of pyridine rings is 1. The number of hydrogen-bond donors (Lipinski definition) is 2. The van der Waals surface area contributed by atoms with E-state index in [0.717, 1.165) is 74.5 Å². The van der Waals surface area contributed by atoms with Crippen LogP contribution in [0.3, 0.4) is 0 Å². The summed E-state index contributed by atoms with van der Waals surface area (Å²) < 4.78 is 0. The first kappa shape index (κ1) is 43.6. The summed E-state index contributed by atoms with van der Waals surface area (Å²) in [6.07, 6.45) is 15.6. The molecule has 0 radical (unpaired) electrons. The number of aromatic amines is 1. The minimum atomic E-state index is -0.606. The summed E-state index contributed by atoms with van der Waals surface area (Å²) in [5.74, 6) is 2.96. The molecule has 1 unspecified atom stereocenters. The molecule has 1 amide bonds. The number of carbonyl (C=O) groups is 1. The minimum absolute atomic E-state index is 0.139. The molecule has 3 aliphatic heterocycles. The monoisotopic (exact) mass is 749 g/mol. The Labute approximate surface area is 333 Å². The van der Waals surface area contributed by atoms with Crippen molar-refractivity contribution in [3.05, 3.63) is 96.1 Å². The summed E-state index contributed by atoms with van der Waals surface area (Å²) in [6, 6.07) is 11.3. The van der Waals surface area contributed by atoms with E-state index in [1.807, 2.05) is 33.2 Å². The van der Waals surface area contributed by atoms with Crippen LogP contribution >= 0.6 is 0 Å². The van der Waals surface area contributed by atoms with E-state index in [1.165, 1.54) is 40.6 Å². The predicted octanol–water partition coefficient (Wildman–Crippen LogP) is 11.4. The van der Waals surface area contributed by atoms with Gasteiger partial charge in [0.25, 0.3) is 0 Å². The lowest BCUT2D eigenvalue weighted by molar-refractivity contribution is -0.144. The summed E-state index contributed by atoms with van der Waals surface area (Å²) in [4.78, 5) is 32.2. The van der Waals surface area contributed by atoms with Gasteiger partial charge in [-0.05, 0) is 131 Å². The Bertz CT molecular complexity index is 1770. The maximum Gasteiger partial charge on any atom is 0.232 e. The number of aromatic nitrogens is 2. The number of nitrogens with one attached hydrogen (secondary N) is 2. The van der Waals surface area contributed by atoms with Crippen molar-refractivity contribution in [1.82, 2.24) is 25.1 Å². The molecule has 0 spiro atoms. The van der Waals surface area contributed by atoms with E-state index in [1.54, 1.807) is 6.08 Å². The fraction of sp³-hybridized carbons (Fsp3) is 0.562. The maximum atomic E-state index is 14.2. The lowest BCUT2D eigenvalue weighted by atomic mass is 9.76. The second-order valence-corrected chi connectivity index (χ2v) is 16.7. The zero-order valence-electron chi connectivity index (χ0n) is 36.0. The van der Waals surface area contributed by atoms with Crippen LogP contribution < -0.4 is 5.32 Å². The molecule has 300 valence electrons. The molecule has 2 aromatic heterocycles. The van der Waals surface area contributed by atoms with Gasteiger partial charge in [-0.1, -0.05) is 66.3 Å². The second-order valence-electron chi connectivity index (χ2n) is 16.7. The summed E-state index contributed by atoms with van der Waals surface area (Å²) in [7, 11) is 0. The Kier molecular flexibility index (Phi) is 16.0. The van der Waals surface area contributed by atoms with E-state index in [2.05, 4.69) is 123 Å². The van der Waals surface area contributed by atoms with Crippen molar-refractivity contribution < 1.29 is 4.79 Å². The Morgan fingerprint density at radius 3 is 2.35 bits per heavy atom. The highest BCUT2D eigenvalue weighted by Crippen LogP contribution is 2.40. The van der Waals surface area contributed by atoms with E-state index < -0.39 is 5.41 Å². The van der Waals surface area contributed by atoms with Gasteiger partial charge in [-0.15, -0.1) is 6.58 Å². The highest BCUT2D eigenvalue weighted by molar-refractivity contribution is 5.93. The topological polar surface area (TPSA) is 76.6 Å². The maximum absolute atomic E-state index is 14.2. The fourth-order valence-electron chi connectivity index (χ4n) is 8.73. The molecule has 2 N–H and O–H groups in total. The van der Waals surface area contributed by atoms with Crippen molar-refractivity contribution in [3.8, 4) is 0 Å². The number of benzene rings is 1. The first-order valence-corrected chi connectivity index (χ1v) is 21.2. The van der Waals surface area contributed by atoms with Gasteiger partial charge in [0.2, 0.25) is 5.91 Å². The van der Waals surface area contributed by atoms with E-state index in [0.29, 0.717) is 30.3 Å². The van der Waals surface area contributed by atoms with Gasteiger partial charge in [0.05, 0.1) is 5.41 Å². The molecule has 7 heteroatoms. The third-order valence-electron chi connectivity index (χ3n) is 11.6. The van der Waals surface area contributed by atoms with Gasteiger partial charge in [-0.3, -0.25) is 14.8 Å². The third-order valence-corrected chi connectivity index (χ3v) is 11.6. The summed E-state index contributed by atoms with van der Waals surface area (Å²) >= 11 is 0. The number of nitrogens with zero attached hydrogens (tertiary/aromatic N) is 4. The van der Waals surface area contributed by atoms with Gasteiger partial charge in [0.15, 0.2) is 5.96 Å². The highest BCUT2D eigenvalue weighted by atomic mass is 16.2.